The molecule has 2 aromatic rings. The van der Waals surface area contributed by atoms with Crippen molar-refractivity contribution in [2.24, 2.45) is 5.92 Å². The lowest BCUT2D eigenvalue weighted by molar-refractivity contribution is -0.137. The van der Waals surface area contributed by atoms with Crippen molar-refractivity contribution in [3.8, 4) is 0 Å². The van der Waals surface area contributed by atoms with Crippen molar-refractivity contribution in [3.05, 3.63) is 35.8 Å². The minimum Gasteiger partial charge on any atom is -0.464 e. The molecule has 3 N–H and O–H groups in total. The molecule has 0 radical (unpaired) electrons. The molecule has 2 atom stereocenters. The number of carbonyl (C=O) groups excluding carboxylic acids is 2. The number of hydrogen-bond acceptors (Lipinski definition) is 8. The molecule has 12 heteroatoms. The monoisotopic (exact) mass is 466 g/mol. The number of halogens is 3. The van der Waals surface area contributed by atoms with E-state index in [-0.39, 0.29) is 23.6 Å². The lowest BCUT2D eigenvalue weighted by atomic mass is 10.0. The van der Waals surface area contributed by atoms with Crippen LogP contribution in [0.15, 0.2) is 24.5 Å². The Hall–Kier alpha value is -3.44. The van der Waals surface area contributed by atoms with Gasteiger partial charge in [-0.05, 0) is 38.8 Å². The summed E-state index contributed by atoms with van der Waals surface area (Å²) < 4.78 is 45.3. The molecule has 1 aliphatic carbocycles. The maximum absolute atomic E-state index is 13.6. The molecule has 1 aliphatic rings. The number of nitrogens with zero attached hydrogens (tertiary/aromatic N) is 3. The van der Waals surface area contributed by atoms with E-state index < -0.39 is 35.5 Å². The zero-order chi connectivity index (χ0) is 24.2. The summed E-state index contributed by atoms with van der Waals surface area (Å²) >= 11 is 0. The number of alkyl halides is 3. The van der Waals surface area contributed by atoms with Crippen LogP contribution in [0.5, 0.6) is 0 Å². The van der Waals surface area contributed by atoms with Crippen LogP contribution >= 0.6 is 0 Å². The molecule has 0 unspecified atom stereocenters. The van der Waals surface area contributed by atoms with Gasteiger partial charge in [-0.3, -0.25) is 4.79 Å². The zero-order valence-electron chi connectivity index (χ0n) is 18.4. The number of ether oxygens (including phenoxy) is 1. The van der Waals surface area contributed by atoms with E-state index in [0.29, 0.717) is 31.1 Å². The highest BCUT2D eigenvalue weighted by molar-refractivity contribution is 5.87. The molecular formula is C21H25F3N6O3. The van der Waals surface area contributed by atoms with E-state index >= 15 is 0 Å². The predicted molar refractivity (Wildman–Crippen MR) is 114 cm³/mol. The van der Waals surface area contributed by atoms with Gasteiger partial charge in [-0.1, -0.05) is 6.42 Å². The molecule has 0 aromatic carbocycles. The van der Waals surface area contributed by atoms with Crippen LogP contribution < -0.4 is 16.0 Å². The van der Waals surface area contributed by atoms with E-state index in [9.17, 15) is 22.8 Å². The molecule has 33 heavy (non-hydrogen) atoms. The smallest absolute Gasteiger partial charge is 0.421 e. The summed E-state index contributed by atoms with van der Waals surface area (Å²) in [7, 11) is 1.22. The van der Waals surface area contributed by atoms with Crippen molar-refractivity contribution < 1.29 is 27.5 Å². The predicted octanol–water partition coefficient (Wildman–Crippen LogP) is 3.53. The summed E-state index contributed by atoms with van der Waals surface area (Å²) in [5, 5.41) is 8.42. The fourth-order valence-electron chi connectivity index (χ4n) is 3.60. The van der Waals surface area contributed by atoms with E-state index in [1.54, 1.807) is 0 Å². The first kappa shape index (κ1) is 24.2. The molecule has 0 aliphatic heterocycles. The van der Waals surface area contributed by atoms with Gasteiger partial charge in [0.05, 0.1) is 24.9 Å². The van der Waals surface area contributed by atoms with Gasteiger partial charge in [-0.2, -0.15) is 18.2 Å². The number of carbonyl (C=O) groups is 2. The topological polar surface area (TPSA) is 118 Å². The normalized spacial score (nSPS) is 18.2. The maximum atomic E-state index is 13.6. The molecule has 1 saturated carbocycles. The van der Waals surface area contributed by atoms with E-state index in [2.05, 4.69) is 35.6 Å². The van der Waals surface area contributed by atoms with E-state index in [0.717, 1.165) is 0 Å². The minimum absolute atomic E-state index is 0.0708. The Labute approximate surface area is 188 Å². The molecule has 3 rings (SSSR count). The molecule has 0 spiro atoms. The highest BCUT2D eigenvalue weighted by atomic mass is 19.4. The van der Waals surface area contributed by atoms with E-state index in [1.165, 1.54) is 25.4 Å². The number of nitrogens with one attached hydrogen (secondary N) is 3. The van der Waals surface area contributed by atoms with Gasteiger partial charge < -0.3 is 20.7 Å². The maximum Gasteiger partial charge on any atom is 0.421 e. The van der Waals surface area contributed by atoms with Crippen LogP contribution in [0, 0.1) is 5.92 Å². The van der Waals surface area contributed by atoms with Gasteiger partial charge in [0, 0.05) is 18.3 Å². The van der Waals surface area contributed by atoms with Gasteiger partial charge in [-0.25, -0.2) is 14.8 Å². The summed E-state index contributed by atoms with van der Waals surface area (Å²) in [6.45, 7) is 3.65. The van der Waals surface area contributed by atoms with Gasteiger partial charge in [0.2, 0.25) is 11.9 Å². The van der Waals surface area contributed by atoms with Crippen molar-refractivity contribution in [2.45, 2.75) is 51.4 Å². The SMILES string of the molecule is COC(=O)c1ccc(Nc2ncc(C(F)(F)F)c(N[C@@H]3CCC[C@@H]3C(=O)NC(C)C)n2)cn1. The first-order valence-electron chi connectivity index (χ1n) is 10.4. The van der Waals surface area contributed by atoms with Crippen LogP contribution in [-0.4, -0.2) is 46.0 Å². The van der Waals surface area contributed by atoms with Crippen LogP contribution in [0.3, 0.4) is 0 Å². The van der Waals surface area contributed by atoms with Gasteiger partial charge in [0.1, 0.15) is 17.1 Å². The second-order valence-corrected chi connectivity index (χ2v) is 7.95. The molecular weight excluding hydrogens is 441 g/mol. The fourth-order valence-corrected chi connectivity index (χ4v) is 3.60. The summed E-state index contributed by atoms with van der Waals surface area (Å²) in [5.41, 5.74) is -0.587. The van der Waals surface area contributed by atoms with Gasteiger partial charge in [-0.15, -0.1) is 0 Å². The molecule has 1 fully saturated rings. The third kappa shape index (κ3) is 6.08. The number of aromatic nitrogens is 3. The Bertz CT molecular complexity index is 998. The average Bonchev–Trinajstić information content (AvgIpc) is 3.21. The Kier molecular flexibility index (Phi) is 7.34. The summed E-state index contributed by atoms with van der Waals surface area (Å²) in [4.78, 5) is 35.7. The number of amides is 1. The molecule has 0 bridgehead atoms. The van der Waals surface area contributed by atoms with Crippen molar-refractivity contribution in [1.29, 1.82) is 0 Å². The minimum atomic E-state index is -4.68. The Morgan fingerprint density at radius 2 is 1.91 bits per heavy atom. The largest absolute Gasteiger partial charge is 0.464 e. The fraction of sp³-hybridized carbons (Fsp3) is 0.476. The third-order valence-corrected chi connectivity index (χ3v) is 5.11. The molecule has 0 saturated heterocycles. The van der Waals surface area contributed by atoms with Gasteiger partial charge >= 0.3 is 12.1 Å². The van der Waals surface area contributed by atoms with Crippen LogP contribution in [-0.2, 0) is 15.7 Å². The Balaban J connectivity index is 1.83. The second-order valence-electron chi connectivity index (χ2n) is 7.95. The van der Waals surface area contributed by atoms with Crippen LogP contribution in [0.25, 0.3) is 0 Å². The summed E-state index contributed by atoms with van der Waals surface area (Å²) in [5.74, 6) is -1.79. The average molecular weight is 466 g/mol. The number of methoxy groups -OCH3 is 1. The highest BCUT2D eigenvalue weighted by Crippen LogP contribution is 2.36. The zero-order valence-corrected chi connectivity index (χ0v) is 18.4. The molecule has 9 nitrogen and oxygen atoms in total. The van der Waals surface area contributed by atoms with Gasteiger partial charge in [0.15, 0.2) is 0 Å². The number of rotatable bonds is 7. The quantitative estimate of drug-likeness (QED) is 0.531. The first-order chi connectivity index (χ1) is 15.6. The Morgan fingerprint density at radius 3 is 2.52 bits per heavy atom. The molecule has 2 heterocycles. The lowest BCUT2D eigenvalue weighted by Gasteiger charge is -2.24. The number of hydrogen-bond donors (Lipinski definition) is 3. The van der Waals surface area contributed by atoms with Crippen molar-refractivity contribution in [3.63, 3.8) is 0 Å². The number of anilines is 3. The summed E-state index contributed by atoms with van der Waals surface area (Å²) in [6, 6.07) is 2.33. The molecule has 1 amide bonds. The molecule has 178 valence electrons. The van der Waals surface area contributed by atoms with Gasteiger partial charge in [0.25, 0.3) is 0 Å². The van der Waals surface area contributed by atoms with Crippen molar-refractivity contribution >= 4 is 29.3 Å². The third-order valence-electron chi connectivity index (χ3n) is 5.11. The van der Waals surface area contributed by atoms with Crippen LogP contribution in [0.2, 0.25) is 0 Å². The van der Waals surface area contributed by atoms with Crippen LogP contribution in [0.1, 0.15) is 49.2 Å². The van der Waals surface area contributed by atoms with Crippen molar-refractivity contribution in [1.82, 2.24) is 20.3 Å². The van der Waals surface area contributed by atoms with Crippen molar-refractivity contribution in [2.75, 3.05) is 17.7 Å². The highest BCUT2D eigenvalue weighted by Gasteiger charge is 2.38. The first-order valence-corrected chi connectivity index (χ1v) is 10.4. The lowest BCUT2D eigenvalue weighted by Crippen LogP contribution is -2.41. The molecule has 2 aromatic heterocycles. The summed E-state index contributed by atoms with van der Waals surface area (Å²) in [6.07, 6.45) is -0.858. The number of esters is 1. The van der Waals surface area contributed by atoms with E-state index in [4.69, 9.17) is 0 Å². The van der Waals surface area contributed by atoms with E-state index in [1.807, 2.05) is 13.8 Å². The Morgan fingerprint density at radius 1 is 1.15 bits per heavy atom. The number of pyridine rings is 1. The second kappa shape index (κ2) is 10.0. The van der Waals surface area contributed by atoms with Crippen LogP contribution in [0.4, 0.5) is 30.6 Å². The standard InChI is InChI=1S/C21H25F3N6O3/c1-11(2)27-18(31)13-5-4-6-15(13)29-17-14(21(22,23)24)10-26-20(30-17)28-12-7-8-16(25-9-12)19(32)33-3/h7-11,13,15H,4-6H2,1-3H3,(H,27,31)(H2,26,28,29,30)/t13-,15+/m0/s1.